The smallest absolute Gasteiger partial charge is 0.233 e. The van der Waals surface area contributed by atoms with E-state index in [4.69, 9.17) is 4.74 Å². The van der Waals surface area contributed by atoms with Gasteiger partial charge in [-0.1, -0.05) is 0 Å². The van der Waals surface area contributed by atoms with E-state index in [2.05, 4.69) is 10.2 Å². The molecule has 0 atom stereocenters. The van der Waals surface area contributed by atoms with E-state index in [1.807, 2.05) is 13.0 Å². The maximum absolute atomic E-state index is 12.6. The molecule has 0 radical (unpaired) electrons. The largest absolute Gasteiger partial charge is 0.473 e. The molecular formula is C17H24N4O5S. The summed E-state index contributed by atoms with van der Waals surface area (Å²) in [5.74, 6) is -0.371. The fraction of sp³-hybridized carbons (Fsp3) is 0.647. The first-order valence-corrected chi connectivity index (χ1v) is 10.7. The lowest BCUT2D eigenvalue weighted by Gasteiger charge is -2.32. The Kier molecular flexibility index (Phi) is 6.05. The summed E-state index contributed by atoms with van der Waals surface area (Å²) in [5, 5.41) is 7.90. The molecule has 9 nitrogen and oxygen atoms in total. The van der Waals surface area contributed by atoms with Crippen LogP contribution in [0.2, 0.25) is 0 Å². The monoisotopic (exact) mass is 396 g/mol. The number of ether oxygens (including phenoxy) is 1. The minimum atomic E-state index is -3.53. The van der Waals surface area contributed by atoms with E-state index in [1.54, 1.807) is 6.07 Å². The molecule has 0 unspecified atom stereocenters. The number of carbonyl (C=O) groups excluding carboxylic acids is 2. The first kappa shape index (κ1) is 19.7. The second-order valence-corrected chi connectivity index (χ2v) is 8.93. The molecule has 0 N–H and O–H groups in total. The maximum Gasteiger partial charge on any atom is 0.233 e. The van der Waals surface area contributed by atoms with Crippen LogP contribution in [-0.2, 0) is 19.6 Å². The molecule has 10 heteroatoms. The van der Waals surface area contributed by atoms with Crippen molar-refractivity contribution < 1.29 is 22.7 Å². The quantitative estimate of drug-likeness (QED) is 0.644. The minimum Gasteiger partial charge on any atom is -0.473 e. The van der Waals surface area contributed by atoms with E-state index in [1.165, 1.54) is 4.31 Å². The Labute approximate surface area is 158 Å². The SMILES string of the molecule is Cc1ccc(OC2CCN(S(=O)(=O)CCN3C(=O)CCCC3=O)CC2)nn1. The van der Waals surface area contributed by atoms with Gasteiger partial charge in [0.15, 0.2) is 0 Å². The number of nitrogens with zero attached hydrogens (tertiary/aromatic N) is 4. The van der Waals surface area contributed by atoms with Gasteiger partial charge in [0.2, 0.25) is 27.7 Å². The molecule has 3 rings (SSSR count). The van der Waals surface area contributed by atoms with Gasteiger partial charge in [0.05, 0.1) is 11.4 Å². The Morgan fingerprint density at radius 2 is 1.78 bits per heavy atom. The number of likely N-dealkylation sites (tertiary alicyclic amines) is 1. The highest BCUT2D eigenvalue weighted by Crippen LogP contribution is 2.20. The summed E-state index contributed by atoms with van der Waals surface area (Å²) in [6, 6.07) is 3.56. The van der Waals surface area contributed by atoms with Gasteiger partial charge in [-0.05, 0) is 32.3 Å². The second-order valence-electron chi connectivity index (χ2n) is 6.84. The van der Waals surface area contributed by atoms with Gasteiger partial charge in [-0.3, -0.25) is 14.5 Å². The zero-order valence-electron chi connectivity index (χ0n) is 15.3. The van der Waals surface area contributed by atoms with E-state index in [-0.39, 0.29) is 30.2 Å². The molecule has 0 bridgehead atoms. The Morgan fingerprint density at radius 1 is 1.11 bits per heavy atom. The van der Waals surface area contributed by atoms with Crippen LogP contribution in [0.1, 0.15) is 37.8 Å². The molecule has 0 aromatic carbocycles. The van der Waals surface area contributed by atoms with E-state index < -0.39 is 10.0 Å². The van der Waals surface area contributed by atoms with Crippen molar-refractivity contribution in [2.45, 2.75) is 45.1 Å². The van der Waals surface area contributed by atoms with Crippen LogP contribution in [0, 0.1) is 6.92 Å². The summed E-state index contributed by atoms with van der Waals surface area (Å²) >= 11 is 0. The lowest BCUT2D eigenvalue weighted by molar-refractivity contribution is -0.147. The number of amides is 2. The molecule has 1 aromatic heterocycles. The van der Waals surface area contributed by atoms with Crippen LogP contribution in [0.15, 0.2) is 12.1 Å². The van der Waals surface area contributed by atoms with E-state index in [0.717, 1.165) is 10.6 Å². The third-order valence-corrected chi connectivity index (χ3v) is 6.66. The van der Waals surface area contributed by atoms with Crippen molar-refractivity contribution in [3.05, 3.63) is 17.8 Å². The van der Waals surface area contributed by atoms with Crippen LogP contribution in [0.3, 0.4) is 0 Å². The van der Waals surface area contributed by atoms with Crippen LogP contribution in [-0.4, -0.2) is 71.1 Å². The first-order chi connectivity index (χ1) is 12.8. The van der Waals surface area contributed by atoms with Gasteiger partial charge >= 0.3 is 0 Å². The molecule has 0 aliphatic carbocycles. The van der Waals surface area contributed by atoms with Gasteiger partial charge in [0, 0.05) is 38.5 Å². The Morgan fingerprint density at radius 3 is 2.37 bits per heavy atom. The van der Waals surface area contributed by atoms with E-state index >= 15 is 0 Å². The lowest BCUT2D eigenvalue weighted by Crippen LogP contribution is -2.47. The van der Waals surface area contributed by atoms with Gasteiger partial charge in [0.25, 0.3) is 0 Å². The predicted octanol–water partition coefficient (Wildman–Crippen LogP) is 0.497. The number of carbonyl (C=O) groups is 2. The van der Waals surface area contributed by atoms with Gasteiger partial charge in [0.1, 0.15) is 6.10 Å². The Hall–Kier alpha value is -2.07. The van der Waals surface area contributed by atoms with Crippen LogP contribution < -0.4 is 4.74 Å². The van der Waals surface area contributed by atoms with Crippen molar-refractivity contribution >= 4 is 21.8 Å². The molecule has 27 heavy (non-hydrogen) atoms. The fourth-order valence-corrected chi connectivity index (χ4v) is 4.67. The van der Waals surface area contributed by atoms with Crippen molar-refractivity contribution in [3.63, 3.8) is 0 Å². The van der Waals surface area contributed by atoms with Crippen molar-refractivity contribution in [3.8, 4) is 5.88 Å². The molecule has 2 aliphatic heterocycles. The average Bonchev–Trinajstić information content (AvgIpc) is 2.64. The third-order valence-electron chi connectivity index (χ3n) is 4.81. The van der Waals surface area contributed by atoms with E-state index in [0.29, 0.717) is 51.1 Å². The molecule has 2 fully saturated rings. The number of imide groups is 1. The summed E-state index contributed by atoms with van der Waals surface area (Å²) in [6.07, 6.45) is 2.14. The van der Waals surface area contributed by atoms with Gasteiger partial charge in [-0.2, -0.15) is 5.10 Å². The third kappa shape index (κ3) is 5.01. The van der Waals surface area contributed by atoms with Crippen molar-refractivity contribution in [1.29, 1.82) is 0 Å². The molecule has 3 heterocycles. The molecule has 2 aliphatic rings. The highest BCUT2D eigenvalue weighted by atomic mass is 32.2. The second kappa shape index (κ2) is 8.30. The number of aryl methyl sites for hydroxylation is 1. The number of hydrogen-bond donors (Lipinski definition) is 0. The normalized spacial score (nSPS) is 20.1. The topological polar surface area (TPSA) is 110 Å². The Balaban J connectivity index is 1.49. The molecule has 148 valence electrons. The molecule has 0 saturated carbocycles. The van der Waals surface area contributed by atoms with Crippen molar-refractivity contribution in [2.24, 2.45) is 0 Å². The maximum atomic E-state index is 12.6. The number of sulfonamides is 1. The number of rotatable bonds is 6. The molecule has 2 saturated heterocycles. The summed E-state index contributed by atoms with van der Waals surface area (Å²) in [6.45, 7) is 2.45. The number of aromatic nitrogens is 2. The number of hydrogen-bond acceptors (Lipinski definition) is 7. The van der Waals surface area contributed by atoms with Crippen LogP contribution >= 0.6 is 0 Å². The van der Waals surface area contributed by atoms with Crippen molar-refractivity contribution in [1.82, 2.24) is 19.4 Å². The van der Waals surface area contributed by atoms with Crippen molar-refractivity contribution in [2.75, 3.05) is 25.4 Å². The van der Waals surface area contributed by atoms with Crippen LogP contribution in [0.25, 0.3) is 0 Å². The number of piperidine rings is 2. The molecule has 1 aromatic rings. The van der Waals surface area contributed by atoms with Crippen LogP contribution in [0.4, 0.5) is 0 Å². The standard InChI is InChI=1S/C17H24N4O5S/c1-13-5-6-15(19-18-13)26-14-7-9-20(10-8-14)27(24,25)12-11-21-16(22)3-2-4-17(21)23/h5-6,14H,2-4,7-12H2,1H3. The predicted molar refractivity (Wildman–Crippen MR) is 96.3 cm³/mol. The summed E-state index contributed by atoms with van der Waals surface area (Å²) < 4.78 is 32.3. The lowest BCUT2D eigenvalue weighted by atomic mass is 10.1. The highest BCUT2D eigenvalue weighted by molar-refractivity contribution is 7.89. The average molecular weight is 396 g/mol. The zero-order valence-corrected chi connectivity index (χ0v) is 16.2. The first-order valence-electron chi connectivity index (χ1n) is 9.13. The molecular weight excluding hydrogens is 372 g/mol. The van der Waals surface area contributed by atoms with Gasteiger partial charge in [-0.15, -0.1) is 5.10 Å². The Bertz CT molecular complexity index is 772. The summed E-state index contributed by atoms with van der Waals surface area (Å²) in [4.78, 5) is 24.7. The zero-order chi connectivity index (χ0) is 19.4. The van der Waals surface area contributed by atoms with E-state index in [9.17, 15) is 18.0 Å². The fourth-order valence-electron chi connectivity index (χ4n) is 3.23. The highest BCUT2D eigenvalue weighted by Gasteiger charge is 2.32. The summed E-state index contributed by atoms with van der Waals surface area (Å²) in [7, 11) is -3.53. The van der Waals surface area contributed by atoms with Gasteiger partial charge in [-0.25, -0.2) is 12.7 Å². The molecule has 2 amide bonds. The van der Waals surface area contributed by atoms with Crippen LogP contribution in [0.5, 0.6) is 5.88 Å². The van der Waals surface area contributed by atoms with Gasteiger partial charge < -0.3 is 4.74 Å². The minimum absolute atomic E-state index is 0.0740. The molecule has 0 spiro atoms. The summed E-state index contributed by atoms with van der Waals surface area (Å²) in [5.41, 5.74) is 0.800.